The molecule has 0 atom stereocenters. The first-order valence-electron chi connectivity index (χ1n) is 14.7. The lowest BCUT2D eigenvalue weighted by Crippen LogP contribution is -2.48. The largest absolute Gasteiger partial charge is 0.426 e. The third-order valence-corrected chi connectivity index (χ3v) is 7.96. The van der Waals surface area contributed by atoms with Gasteiger partial charge in [-0.25, -0.2) is 4.79 Å². The van der Waals surface area contributed by atoms with Crippen LogP contribution >= 0.6 is 0 Å². The second-order valence-electron chi connectivity index (χ2n) is 12.6. The molecular formula is C32H43N7O3. The molecule has 0 spiro atoms. The zero-order valence-electron chi connectivity index (χ0n) is 25.7. The summed E-state index contributed by atoms with van der Waals surface area (Å²) in [5.74, 6) is 0.793. The lowest BCUT2D eigenvalue weighted by molar-refractivity contribution is -0.123. The number of carbonyl (C=O) groups excluding carboxylic acids is 2. The molecule has 42 heavy (non-hydrogen) atoms. The van der Waals surface area contributed by atoms with E-state index in [2.05, 4.69) is 41.4 Å². The molecule has 3 aromatic rings. The molecule has 3 heterocycles. The monoisotopic (exact) mass is 573 g/mol. The molecule has 2 amide bonds. The molecule has 224 valence electrons. The van der Waals surface area contributed by atoms with Crippen LogP contribution in [0.2, 0.25) is 0 Å². The van der Waals surface area contributed by atoms with Gasteiger partial charge in [0.2, 0.25) is 0 Å². The molecule has 2 aromatic carbocycles. The Morgan fingerprint density at radius 1 is 1.05 bits per heavy atom. The molecule has 1 fully saturated rings. The molecule has 2 N–H and O–H groups in total. The highest BCUT2D eigenvalue weighted by molar-refractivity contribution is 6.09. The number of rotatable bonds is 6. The Morgan fingerprint density at radius 3 is 2.52 bits per heavy atom. The van der Waals surface area contributed by atoms with E-state index in [0.29, 0.717) is 37.2 Å². The average molecular weight is 574 g/mol. The molecular weight excluding hydrogens is 530 g/mol. The van der Waals surface area contributed by atoms with E-state index in [0.717, 1.165) is 65.5 Å². The maximum Gasteiger partial charge on any atom is 0.426 e. The van der Waals surface area contributed by atoms with Crippen LogP contribution in [0.4, 0.5) is 22.0 Å². The Balaban J connectivity index is 1.19. The lowest BCUT2D eigenvalue weighted by atomic mass is 9.92. The summed E-state index contributed by atoms with van der Waals surface area (Å²) in [5, 5.41) is 12.4. The first kappa shape index (κ1) is 29.6. The van der Waals surface area contributed by atoms with Gasteiger partial charge in [-0.1, -0.05) is 39.0 Å². The molecule has 0 aliphatic carbocycles. The molecule has 5 rings (SSSR count). The zero-order chi connectivity index (χ0) is 30.0. The first-order valence-corrected chi connectivity index (χ1v) is 14.7. The topological polar surface area (TPSA) is 95.0 Å². The molecule has 0 unspecified atom stereocenters. The molecule has 0 bridgehead atoms. The van der Waals surface area contributed by atoms with Crippen LogP contribution in [-0.2, 0) is 25.0 Å². The van der Waals surface area contributed by atoms with Crippen LogP contribution in [0, 0.1) is 19.3 Å². The maximum absolute atomic E-state index is 13.9. The van der Waals surface area contributed by atoms with Crippen LogP contribution < -0.4 is 15.5 Å². The smallest absolute Gasteiger partial charge is 0.351 e. The van der Waals surface area contributed by atoms with Gasteiger partial charge in [0.1, 0.15) is 5.82 Å². The second kappa shape index (κ2) is 12.1. The van der Waals surface area contributed by atoms with Crippen molar-refractivity contribution in [3.05, 3.63) is 70.4 Å². The molecule has 2 aliphatic rings. The number of piperazine rings is 1. The van der Waals surface area contributed by atoms with Gasteiger partial charge in [-0.15, -0.1) is 5.06 Å². The third-order valence-electron chi connectivity index (χ3n) is 7.96. The highest BCUT2D eigenvalue weighted by atomic mass is 16.7. The van der Waals surface area contributed by atoms with Gasteiger partial charge in [-0.3, -0.25) is 9.48 Å². The van der Waals surface area contributed by atoms with Crippen molar-refractivity contribution in [3.63, 3.8) is 0 Å². The fourth-order valence-electron chi connectivity index (χ4n) is 5.39. The number of nitrogens with zero attached hydrogens (tertiary/aromatic N) is 5. The standard InChI is InChI=1S/C32H43N7O3/c1-22-7-10-28-27(17-22)35-29-25(20-34-36(29)6)21-39(28)30(40)26-9-8-24(18-23(26)2)19-33-31(41)42-38-15-13-37(14-16-38)12-11-32(3,4)5/h7-10,17-18,20,35H,11-16,19,21H2,1-6H3,(H,33,41). The Hall–Kier alpha value is -3.89. The van der Waals surface area contributed by atoms with E-state index in [-0.39, 0.29) is 5.91 Å². The summed E-state index contributed by atoms with van der Waals surface area (Å²) in [6.45, 7) is 15.7. The van der Waals surface area contributed by atoms with Gasteiger partial charge in [0.05, 0.1) is 24.1 Å². The quantitative estimate of drug-likeness (QED) is 0.422. The zero-order valence-corrected chi connectivity index (χ0v) is 25.7. The number of fused-ring (bicyclic) bond motifs is 2. The van der Waals surface area contributed by atoms with E-state index in [1.54, 1.807) is 20.8 Å². The fraction of sp³-hybridized carbons (Fsp3) is 0.469. The minimum Gasteiger partial charge on any atom is -0.351 e. The summed E-state index contributed by atoms with van der Waals surface area (Å²) >= 11 is 0. The summed E-state index contributed by atoms with van der Waals surface area (Å²) in [6, 6.07) is 11.7. The number of hydrogen-bond acceptors (Lipinski definition) is 7. The normalized spacial score (nSPS) is 15.8. The summed E-state index contributed by atoms with van der Waals surface area (Å²) in [6.07, 6.45) is 2.48. The predicted molar refractivity (Wildman–Crippen MR) is 165 cm³/mol. The highest BCUT2D eigenvalue weighted by Crippen LogP contribution is 2.37. The Kier molecular flexibility index (Phi) is 8.56. The van der Waals surface area contributed by atoms with Crippen LogP contribution in [0.1, 0.15) is 59.8 Å². The van der Waals surface area contributed by atoms with E-state index in [9.17, 15) is 9.59 Å². The van der Waals surface area contributed by atoms with Gasteiger partial charge in [-0.2, -0.15) is 5.10 Å². The van der Waals surface area contributed by atoms with E-state index in [1.807, 2.05) is 57.3 Å². The average Bonchev–Trinajstić information content (AvgIpc) is 3.19. The van der Waals surface area contributed by atoms with Crippen molar-refractivity contribution in [1.29, 1.82) is 0 Å². The second-order valence-corrected chi connectivity index (χ2v) is 12.6. The van der Waals surface area contributed by atoms with E-state index in [1.165, 1.54) is 0 Å². The van der Waals surface area contributed by atoms with Crippen molar-refractivity contribution >= 4 is 29.2 Å². The van der Waals surface area contributed by atoms with Crippen LogP contribution in [0.3, 0.4) is 0 Å². The third kappa shape index (κ3) is 6.94. The maximum atomic E-state index is 13.9. The Morgan fingerprint density at radius 2 is 1.81 bits per heavy atom. The van der Waals surface area contributed by atoms with Crippen molar-refractivity contribution in [1.82, 2.24) is 25.1 Å². The number of hydrogen-bond donors (Lipinski definition) is 2. The number of hydroxylamine groups is 2. The fourth-order valence-corrected chi connectivity index (χ4v) is 5.39. The van der Waals surface area contributed by atoms with Crippen molar-refractivity contribution in [2.75, 3.05) is 42.9 Å². The van der Waals surface area contributed by atoms with Gasteiger partial charge >= 0.3 is 6.09 Å². The number of carbonyl (C=O) groups is 2. The number of amides is 2. The summed E-state index contributed by atoms with van der Waals surface area (Å²) in [7, 11) is 1.89. The van der Waals surface area contributed by atoms with E-state index in [4.69, 9.17) is 4.84 Å². The molecule has 10 heteroatoms. The first-order chi connectivity index (χ1) is 20.0. The molecule has 1 saturated heterocycles. The minimum atomic E-state index is -0.466. The molecule has 0 radical (unpaired) electrons. The van der Waals surface area contributed by atoms with Gasteiger partial charge in [-0.05, 0) is 67.1 Å². The van der Waals surface area contributed by atoms with Crippen molar-refractivity contribution in [3.8, 4) is 0 Å². The lowest BCUT2D eigenvalue weighted by Gasteiger charge is -2.34. The van der Waals surface area contributed by atoms with Crippen LogP contribution in [0.5, 0.6) is 0 Å². The molecule has 2 aliphatic heterocycles. The summed E-state index contributed by atoms with van der Waals surface area (Å²) in [4.78, 5) is 36.2. The van der Waals surface area contributed by atoms with Gasteiger partial charge in [0.25, 0.3) is 5.91 Å². The van der Waals surface area contributed by atoms with Crippen molar-refractivity contribution < 1.29 is 14.4 Å². The predicted octanol–water partition coefficient (Wildman–Crippen LogP) is 5.14. The van der Waals surface area contributed by atoms with Crippen molar-refractivity contribution in [2.45, 2.75) is 54.1 Å². The number of benzene rings is 2. The van der Waals surface area contributed by atoms with Crippen LogP contribution in [0.15, 0.2) is 42.6 Å². The number of nitrogens with one attached hydrogen (secondary N) is 2. The van der Waals surface area contributed by atoms with Gasteiger partial charge < -0.3 is 25.3 Å². The SMILES string of the molecule is Cc1ccc2c(c1)Nc1c(cnn1C)CN2C(=O)c1ccc(CNC(=O)ON2CCN(CCC(C)(C)C)CC2)cc1C. The summed E-state index contributed by atoms with van der Waals surface area (Å²) < 4.78 is 1.79. The highest BCUT2D eigenvalue weighted by Gasteiger charge is 2.28. The Bertz CT molecular complexity index is 1450. The molecule has 10 nitrogen and oxygen atoms in total. The Labute approximate surface area is 248 Å². The number of aryl methyl sites for hydroxylation is 3. The van der Waals surface area contributed by atoms with Crippen molar-refractivity contribution in [2.24, 2.45) is 12.5 Å². The van der Waals surface area contributed by atoms with Crippen LogP contribution in [-0.4, -0.2) is 64.5 Å². The van der Waals surface area contributed by atoms with Gasteiger partial charge in [0.15, 0.2) is 0 Å². The van der Waals surface area contributed by atoms with Crippen LogP contribution in [0.25, 0.3) is 0 Å². The number of anilines is 3. The number of aromatic nitrogens is 2. The molecule has 1 aromatic heterocycles. The van der Waals surface area contributed by atoms with Gasteiger partial charge in [0, 0.05) is 50.9 Å². The summed E-state index contributed by atoms with van der Waals surface area (Å²) in [5.41, 5.74) is 6.42. The molecule has 0 saturated carbocycles. The van der Waals surface area contributed by atoms with E-state index >= 15 is 0 Å². The minimum absolute atomic E-state index is 0.0864. The van der Waals surface area contributed by atoms with E-state index < -0.39 is 6.09 Å².